The van der Waals surface area contributed by atoms with Gasteiger partial charge in [0, 0.05) is 18.9 Å². The van der Waals surface area contributed by atoms with Crippen LogP contribution in [-0.2, 0) is 18.3 Å². The fourth-order valence-electron chi connectivity index (χ4n) is 3.77. The zero-order chi connectivity index (χ0) is 28.0. The minimum Gasteiger partial charge on any atom is -0.414 e. The number of hydrogen-bond donors (Lipinski definition) is 0. The average Bonchev–Trinajstić information content (AvgIpc) is 3.40. The first-order chi connectivity index (χ1) is 16.9. The van der Waals surface area contributed by atoms with Crippen molar-refractivity contribution >= 4 is 16.6 Å². The van der Waals surface area contributed by atoms with Crippen LogP contribution in [0.15, 0.2) is 23.6 Å². The SMILES string of the molecule is COC1C(O[Si](C)(C)C(C)(C)C)[C@@H](CO[Si](C)(C)C(C)(C)C)O[C@H]1n1cc(C)c(-n2cncn2)nc1=O. The molecule has 1 aliphatic rings. The van der Waals surface area contributed by atoms with Gasteiger partial charge in [0.2, 0.25) is 0 Å². The van der Waals surface area contributed by atoms with E-state index in [0.717, 1.165) is 5.56 Å². The highest BCUT2D eigenvalue weighted by Gasteiger charge is 2.52. The number of aromatic nitrogens is 5. The molecule has 0 bridgehead atoms. The molecule has 12 heteroatoms. The van der Waals surface area contributed by atoms with Crippen molar-refractivity contribution < 1.29 is 18.3 Å². The van der Waals surface area contributed by atoms with E-state index < -0.39 is 46.9 Å². The smallest absolute Gasteiger partial charge is 0.351 e. The highest BCUT2D eigenvalue weighted by atomic mass is 28.4. The van der Waals surface area contributed by atoms with Gasteiger partial charge in [-0.1, -0.05) is 41.5 Å². The van der Waals surface area contributed by atoms with E-state index in [4.69, 9.17) is 18.3 Å². The Morgan fingerprint density at radius 3 is 2.16 bits per heavy atom. The van der Waals surface area contributed by atoms with Gasteiger partial charge in [-0.25, -0.2) is 14.5 Å². The summed E-state index contributed by atoms with van der Waals surface area (Å²) in [4.78, 5) is 21.5. The van der Waals surface area contributed by atoms with Crippen molar-refractivity contribution in [1.82, 2.24) is 24.3 Å². The van der Waals surface area contributed by atoms with Crippen LogP contribution in [0.4, 0.5) is 0 Å². The van der Waals surface area contributed by atoms with E-state index in [1.807, 2.05) is 6.92 Å². The lowest BCUT2D eigenvalue weighted by molar-refractivity contribution is -0.0613. The van der Waals surface area contributed by atoms with Crippen LogP contribution in [0.25, 0.3) is 5.82 Å². The topological polar surface area (TPSA) is 103 Å². The van der Waals surface area contributed by atoms with E-state index in [1.165, 1.54) is 21.9 Å². The molecule has 10 nitrogen and oxygen atoms in total. The quantitative estimate of drug-likeness (QED) is 0.443. The fraction of sp³-hybridized carbons (Fsp3) is 0.760. The van der Waals surface area contributed by atoms with Crippen LogP contribution in [0.5, 0.6) is 0 Å². The maximum atomic E-state index is 13.2. The van der Waals surface area contributed by atoms with Gasteiger partial charge < -0.3 is 18.3 Å². The largest absolute Gasteiger partial charge is 0.414 e. The van der Waals surface area contributed by atoms with Gasteiger partial charge in [-0.3, -0.25) is 4.57 Å². The molecule has 0 radical (unpaired) electrons. The maximum absolute atomic E-state index is 13.2. The van der Waals surface area contributed by atoms with Crippen molar-refractivity contribution in [1.29, 1.82) is 0 Å². The summed E-state index contributed by atoms with van der Waals surface area (Å²) in [5.41, 5.74) is 0.298. The highest BCUT2D eigenvalue weighted by Crippen LogP contribution is 2.43. The van der Waals surface area contributed by atoms with Crippen molar-refractivity contribution in [2.75, 3.05) is 13.7 Å². The minimum absolute atomic E-state index is 0.0113. The third kappa shape index (κ3) is 6.14. The van der Waals surface area contributed by atoms with E-state index in [9.17, 15) is 4.79 Å². The second-order valence-electron chi connectivity index (χ2n) is 13.0. The lowest BCUT2D eigenvalue weighted by Crippen LogP contribution is -2.51. The molecular weight excluding hydrogens is 506 g/mol. The van der Waals surface area contributed by atoms with Gasteiger partial charge in [0.25, 0.3) is 0 Å². The first-order valence-corrected chi connectivity index (χ1v) is 18.7. The second-order valence-corrected chi connectivity index (χ2v) is 22.5. The monoisotopic (exact) mass is 551 g/mol. The molecule has 1 fully saturated rings. The molecule has 3 rings (SSSR count). The van der Waals surface area contributed by atoms with E-state index in [0.29, 0.717) is 12.4 Å². The number of ether oxygens (including phenoxy) is 2. The molecule has 2 aromatic heterocycles. The minimum atomic E-state index is -2.21. The summed E-state index contributed by atoms with van der Waals surface area (Å²) in [7, 11) is -2.62. The van der Waals surface area contributed by atoms with Gasteiger partial charge in [-0.05, 0) is 43.2 Å². The van der Waals surface area contributed by atoms with Crippen LogP contribution < -0.4 is 5.69 Å². The van der Waals surface area contributed by atoms with E-state index in [1.54, 1.807) is 13.3 Å². The molecule has 4 atom stereocenters. The molecule has 0 amide bonds. The average molecular weight is 552 g/mol. The molecule has 0 saturated carbocycles. The Hall–Kier alpha value is -1.71. The Labute approximate surface area is 223 Å². The van der Waals surface area contributed by atoms with Gasteiger partial charge in [-0.15, -0.1) is 0 Å². The molecule has 2 aromatic rings. The molecule has 0 aliphatic carbocycles. The normalized spacial score (nSPS) is 23.6. The molecule has 2 unspecified atom stereocenters. The summed E-state index contributed by atoms with van der Waals surface area (Å²) in [5.74, 6) is 0.428. The van der Waals surface area contributed by atoms with Crippen LogP contribution in [0.2, 0.25) is 36.3 Å². The first kappa shape index (κ1) is 29.8. The van der Waals surface area contributed by atoms with Crippen molar-refractivity contribution in [3.05, 3.63) is 34.9 Å². The van der Waals surface area contributed by atoms with Crippen molar-refractivity contribution in [2.24, 2.45) is 0 Å². The number of aryl methyl sites for hydroxylation is 1. The molecular formula is C25H45N5O5Si2. The standard InChI is InChI=1S/C25H45N5O5Si2/c1-17-13-29(23(31)28-21(17)30-16-26-15-27-30)22-20(32-8)19(35-37(11,12)25(5,6)7)18(34-22)14-33-36(9,10)24(2,3)4/h13,15-16,18-20,22H,14H2,1-12H3/t18-,19?,20?,22-/m1/s1. The molecule has 0 aromatic carbocycles. The highest BCUT2D eigenvalue weighted by molar-refractivity contribution is 6.74. The van der Waals surface area contributed by atoms with Gasteiger partial charge in [-0.2, -0.15) is 10.1 Å². The third-order valence-electron chi connectivity index (χ3n) is 8.23. The molecule has 1 saturated heterocycles. The number of hydrogen-bond acceptors (Lipinski definition) is 8. The summed E-state index contributed by atoms with van der Waals surface area (Å²) in [6.45, 7) is 24.4. The molecule has 1 aliphatic heterocycles. The predicted octanol–water partition coefficient (Wildman–Crippen LogP) is 4.46. The van der Waals surface area contributed by atoms with Crippen molar-refractivity contribution in [2.45, 2.75) is 109 Å². The lowest BCUT2D eigenvalue weighted by Gasteiger charge is -2.41. The predicted molar refractivity (Wildman–Crippen MR) is 148 cm³/mol. The molecule has 208 valence electrons. The summed E-state index contributed by atoms with van der Waals surface area (Å²) in [6.07, 6.45) is 2.63. The molecule has 3 heterocycles. The Balaban J connectivity index is 2.00. The van der Waals surface area contributed by atoms with Crippen LogP contribution in [-0.4, -0.2) is 73.0 Å². The molecule has 0 spiro atoms. The van der Waals surface area contributed by atoms with Crippen LogP contribution in [0.1, 0.15) is 53.3 Å². The molecule has 37 heavy (non-hydrogen) atoms. The number of methoxy groups -OCH3 is 1. The summed E-state index contributed by atoms with van der Waals surface area (Å²) < 4.78 is 29.0. The Morgan fingerprint density at radius 2 is 1.65 bits per heavy atom. The Kier molecular flexibility index (Phi) is 8.43. The summed E-state index contributed by atoms with van der Waals surface area (Å²) in [6, 6.07) is 0. The van der Waals surface area contributed by atoms with Gasteiger partial charge in [0.1, 0.15) is 31.0 Å². The van der Waals surface area contributed by atoms with Crippen LogP contribution in [0, 0.1) is 6.92 Å². The molecule has 0 N–H and O–H groups in total. The number of nitrogens with zero attached hydrogens (tertiary/aromatic N) is 5. The maximum Gasteiger partial charge on any atom is 0.351 e. The first-order valence-electron chi connectivity index (χ1n) is 12.8. The number of rotatable bonds is 8. The lowest BCUT2D eigenvalue weighted by atomic mass is 10.1. The van der Waals surface area contributed by atoms with E-state index in [-0.39, 0.29) is 10.1 Å². The Bertz CT molecular complexity index is 1120. The van der Waals surface area contributed by atoms with Crippen LogP contribution in [0.3, 0.4) is 0 Å². The van der Waals surface area contributed by atoms with E-state index in [2.05, 4.69) is 82.8 Å². The summed E-state index contributed by atoms with van der Waals surface area (Å²) >= 11 is 0. The summed E-state index contributed by atoms with van der Waals surface area (Å²) in [5, 5.41) is 4.15. The van der Waals surface area contributed by atoms with E-state index >= 15 is 0 Å². The van der Waals surface area contributed by atoms with Gasteiger partial charge in [0.15, 0.2) is 28.7 Å². The Morgan fingerprint density at radius 1 is 1.03 bits per heavy atom. The zero-order valence-electron chi connectivity index (χ0n) is 24.5. The fourth-order valence-corrected chi connectivity index (χ4v) is 6.11. The second kappa shape index (κ2) is 10.5. The van der Waals surface area contributed by atoms with Gasteiger partial charge >= 0.3 is 5.69 Å². The zero-order valence-corrected chi connectivity index (χ0v) is 26.5. The van der Waals surface area contributed by atoms with Crippen molar-refractivity contribution in [3.63, 3.8) is 0 Å². The van der Waals surface area contributed by atoms with Crippen LogP contribution >= 0.6 is 0 Å². The van der Waals surface area contributed by atoms with Gasteiger partial charge in [0.05, 0.1) is 6.61 Å². The van der Waals surface area contributed by atoms with Crippen molar-refractivity contribution in [3.8, 4) is 5.82 Å². The third-order valence-corrected chi connectivity index (χ3v) is 17.2.